The summed E-state index contributed by atoms with van der Waals surface area (Å²) in [6.45, 7) is 0. The number of thiocarbonyl (C=S) groups is 1. The van der Waals surface area contributed by atoms with Crippen LogP contribution in [0.1, 0.15) is 31.2 Å². The molecule has 0 bridgehead atoms. The lowest BCUT2D eigenvalue weighted by Crippen LogP contribution is -2.36. The van der Waals surface area contributed by atoms with E-state index in [4.69, 9.17) is 26.4 Å². The van der Waals surface area contributed by atoms with Crippen molar-refractivity contribution in [1.82, 2.24) is 4.90 Å². The maximum Gasteiger partial charge on any atom is 0.266 e. The molecule has 0 aromatic heterocycles. The van der Waals surface area contributed by atoms with Gasteiger partial charge in [0, 0.05) is 6.04 Å². The molecule has 0 N–H and O–H groups in total. The van der Waals surface area contributed by atoms with Crippen LogP contribution in [-0.2, 0) is 4.79 Å². The van der Waals surface area contributed by atoms with Crippen LogP contribution in [0, 0.1) is 0 Å². The Morgan fingerprint density at radius 1 is 1.12 bits per heavy atom. The van der Waals surface area contributed by atoms with Gasteiger partial charge in [-0.2, -0.15) is 0 Å². The smallest absolute Gasteiger partial charge is 0.266 e. The Bertz CT molecular complexity index is 701. The maximum absolute atomic E-state index is 12.8. The van der Waals surface area contributed by atoms with Crippen molar-refractivity contribution in [2.24, 2.45) is 0 Å². The zero-order valence-electron chi connectivity index (χ0n) is 14.5. The molecule has 1 saturated heterocycles. The minimum absolute atomic E-state index is 0.00403. The topological polar surface area (TPSA) is 48.0 Å². The summed E-state index contributed by atoms with van der Waals surface area (Å²) in [5.74, 6) is 1.63. The van der Waals surface area contributed by atoms with E-state index in [1.165, 1.54) is 11.8 Å². The molecule has 2 aliphatic rings. The highest BCUT2D eigenvalue weighted by molar-refractivity contribution is 8.26. The fourth-order valence-electron chi connectivity index (χ4n) is 3.29. The Balaban J connectivity index is 1.92. The van der Waals surface area contributed by atoms with Gasteiger partial charge in [0.05, 0.1) is 26.2 Å². The van der Waals surface area contributed by atoms with Crippen LogP contribution in [0.5, 0.6) is 17.2 Å². The summed E-state index contributed by atoms with van der Waals surface area (Å²) >= 11 is 6.80. The van der Waals surface area contributed by atoms with E-state index in [1.54, 1.807) is 26.2 Å². The maximum atomic E-state index is 12.8. The molecule has 5 nitrogen and oxygen atoms in total. The van der Waals surface area contributed by atoms with Gasteiger partial charge in [0.25, 0.3) is 5.91 Å². The number of benzene rings is 1. The molecule has 1 aliphatic carbocycles. The number of thioether (sulfide) groups is 1. The van der Waals surface area contributed by atoms with Crippen LogP contribution in [0.15, 0.2) is 17.0 Å². The summed E-state index contributed by atoms with van der Waals surface area (Å²) < 4.78 is 16.7. The molecule has 1 amide bonds. The lowest BCUT2D eigenvalue weighted by atomic mass is 10.1. The van der Waals surface area contributed by atoms with Crippen LogP contribution >= 0.6 is 24.0 Å². The third-order valence-electron chi connectivity index (χ3n) is 4.50. The van der Waals surface area contributed by atoms with Crippen LogP contribution in [0.4, 0.5) is 0 Å². The van der Waals surface area contributed by atoms with Gasteiger partial charge in [0.15, 0.2) is 11.5 Å². The number of carbonyl (C=O) groups excluding carboxylic acids is 1. The fourth-order valence-corrected chi connectivity index (χ4v) is 4.69. The number of hydrogen-bond acceptors (Lipinski definition) is 6. The lowest BCUT2D eigenvalue weighted by molar-refractivity contribution is -0.123. The van der Waals surface area contributed by atoms with Crippen molar-refractivity contribution in [3.05, 3.63) is 22.6 Å². The second-order valence-corrected chi connectivity index (χ2v) is 7.62. The molecule has 0 unspecified atom stereocenters. The zero-order chi connectivity index (χ0) is 18.0. The molecule has 0 spiro atoms. The second-order valence-electron chi connectivity index (χ2n) is 5.95. The Morgan fingerprint density at radius 3 is 2.24 bits per heavy atom. The number of nitrogens with zero attached hydrogens (tertiary/aromatic N) is 1. The minimum atomic E-state index is -0.00403. The summed E-state index contributed by atoms with van der Waals surface area (Å²) in [7, 11) is 4.70. The molecule has 1 saturated carbocycles. The Labute approximate surface area is 157 Å². The normalized spacial score (nSPS) is 19.8. The summed E-state index contributed by atoms with van der Waals surface area (Å²) in [4.78, 5) is 15.2. The van der Waals surface area contributed by atoms with Crippen molar-refractivity contribution in [3.8, 4) is 17.2 Å². The van der Waals surface area contributed by atoms with Gasteiger partial charge >= 0.3 is 0 Å². The standard InChI is InChI=1S/C18H21NO4S2/c1-21-13-8-11(9-14(22-2)16(13)23-3)10-15-17(20)19(18(24)25-15)12-6-4-5-7-12/h8-10,12H,4-7H2,1-3H3/b15-10+. The molecular weight excluding hydrogens is 358 g/mol. The third-order valence-corrected chi connectivity index (χ3v) is 5.83. The first-order chi connectivity index (χ1) is 12.1. The summed E-state index contributed by atoms with van der Waals surface area (Å²) in [5, 5.41) is 0. The van der Waals surface area contributed by atoms with Gasteiger partial charge in [-0.15, -0.1) is 0 Å². The van der Waals surface area contributed by atoms with Crippen molar-refractivity contribution in [1.29, 1.82) is 0 Å². The molecule has 2 fully saturated rings. The van der Waals surface area contributed by atoms with Crippen LogP contribution < -0.4 is 14.2 Å². The number of rotatable bonds is 5. The molecule has 1 aromatic rings. The predicted molar refractivity (Wildman–Crippen MR) is 103 cm³/mol. The van der Waals surface area contributed by atoms with Gasteiger partial charge < -0.3 is 14.2 Å². The van der Waals surface area contributed by atoms with Crippen molar-refractivity contribution in [3.63, 3.8) is 0 Å². The highest BCUT2D eigenvalue weighted by Crippen LogP contribution is 2.41. The van der Waals surface area contributed by atoms with Crippen LogP contribution in [0.25, 0.3) is 6.08 Å². The molecule has 25 heavy (non-hydrogen) atoms. The van der Waals surface area contributed by atoms with E-state index < -0.39 is 0 Å². The highest BCUT2D eigenvalue weighted by atomic mass is 32.2. The Morgan fingerprint density at radius 2 is 1.72 bits per heavy atom. The van der Waals surface area contributed by atoms with Crippen LogP contribution in [0.3, 0.4) is 0 Å². The number of methoxy groups -OCH3 is 3. The van der Waals surface area contributed by atoms with Gasteiger partial charge in [-0.3, -0.25) is 9.69 Å². The average Bonchev–Trinajstić information content (AvgIpc) is 3.22. The largest absolute Gasteiger partial charge is 0.493 e. The lowest BCUT2D eigenvalue weighted by Gasteiger charge is -2.21. The highest BCUT2D eigenvalue weighted by Gasteiger charge is 2.38. The SMILES string of the molecule is COc1cc(/C=C2/SC(=S)N(C3CCCC3)C2=O)cc(OC)c1OC. The summed E-state index contributed by atoms with van der Waals surface area (Å²) in [5.41, 5.74) is 0.807. The fraction of sp³-hybridized carbons (Fsp3) is 0.444. The first-order valence-electron chi connectivity index (χ1n) is 8.16. The summed E-state index contributed by atoms with van der Waals surface area (Å²) in [6, 6.07) is 3.89. The second kappa shape index (κ2) is 7.66. The minimum Gasteiger partial charge on any atom is -0.493 e. The van der Waals surface area contributed by atoms with Gasteiger partial charge in [0.1, 0.15) is 4.32 Å². The van der Waals surface area contributed by atoms with E-state index in [1.807, 2.05) is 18.2 Å². The van der Waals surface area contributed by atoms with Crippen molar-refractivity contribution in [2.45, 2.75) is 31.7 Å². The van der Waals surface area contributed by atoms with E-state index in [0.29, 0.717) is 26.5 Å². The first kappa shape index (κ1) is 18.1. The molecule has 1 aromatic carbocycles. The van der Waals surface area contributed by atoms with Crippen molar-refractivity contribution < 1.29 is 19.0 Å². The van der Waals surface area contributed by atoms with E-state index in [0.717, 1.165) is 31.2 Å². The molecular formula is C18H21NO4S2. The number of ether oxygens (including phenoxy) is 3. The monoisotopic (exact) mass is 379 g/mol. The average molecular weight is 380 g/mol. The molecule has 134 valence electrons. The van der Waals surface area contributed by atoms with Gasteiger partial charge in [-0.1, -0.05) is 36.8 Å². The Kier molecular flexibility index (Phi) is 5.54. The van der Waals surface area contributed by atoms with E-state index >= 15 is 0 Å². The predicted octanol–water partition coefficient (Wildman–Crippen LogP) is 3.86. The molecule has 3 rings (SSSR count). The summed E-state index contributed by atoms with van der Waals surface area (Å²) in [6.07, 6.45) is 6.22. The van der Waals surface area contributed by atoms with E-state index in [-0.39, 0.29) is 11.9 Å². The van der Waals surface area contributed by atoms with Gasteiger partial charge in [0.2, 0.25) is 5.75 Å². The molecule has 1 aliphatic heterocycles. The number of amides is 1. The Hall–Kier alpha value is -1.73. The molecule has 1 heterocycles. The van der Waals surface area contributed by atoms with Gasteiger partial charge in [-0.05, 0) is 36.6 Å². The first-order valence-corrected chi connectivity index (χ1v) is 9.38. The molecule has 7 heteroatoms. The van der Waals surface area contributed by atoms with Crippen molar-refractivity contribution in [2.75, 3.05) is 21.3 Å². The van der Waals surface area contributed by atoms with Crippen LogP contribution in [0.2, 0.25) is 0 Å². The zero-order valence-corrected chi connectivity index (χ0v) is 16.2. The quantitative estimate of drug-likeness (QED) is 0.572. The number of carbonyl (C=O) groups is 1. The van der Waals surface area contributed by atoms with Crippen molar-refractivity contribution >= 4 is 40.3 Å². The molecule has 0 radical (unpaired) electrons. The van der Waals surface area contributed by atoms with E-state index in [9.17, 15) is 4.79 Å². The third kappa shape index (κ3) is 3.48. The van der Waals surface area contributed by atoms with Crippen LogP contribution in [-0.4, -0.2) is 42.5 Å². The number of hydrogen-bond donors (Lipinski definition) is 0. The van der Waals surface area contributed by atoms with Gasteiger partial charge in [-0.25, -0.2) is 0 Å². The van der Waals surface area contributed by atoms with E-state index in [2.05, 4.69) is 0 Å². The molecule has 0 atom stereocenters.